The summed E-state index contributed by atoms with van der Waals surface area (Å²) in [5.74, 6) is -0.669. The molecule has 2 amide bonds. The number of rotatable bonds is 2. The van der Waals surface area contributed by atoms with E-state index < -0.39 is 0 Å². The van der Waals surface area contributed by atoms with E-state index in [0.717, 1.165) is 15.6 Å². The van der Waals surface area contributed by atoms with E-state index >= 15 is 0 Å². The molecule has 1 atom stereocenters. The van der Waals surface area contributed by atoms with Crippen LogP contribution in [0.25, 0.3) is 0 Å². The number of hydrogen-bond acceptors (Lipinski definition) is 3. The number of piperidine rings is 1. The summed E-state index contributed by atoms with van der Waals surface area (Å²) in [5, 5.41) is 2.36. The van der Waals surface area contributed by atoms with Gasteiger partial charge in [0.25, 0.3) is 0 Å². The minimum Gasteiger partial charge on any atom is -0.326 e. The Morgan fingerprint density at radius 3 is 2.76 bits per heavy atom. The van der Waals surface area contributed by atoms with E-state index in [4.69, 9.17) is 5.73 Å². The third-order valence-electron chi connectivity index (χ3n) is 2.92. The van der Waals surface area contributed by atoms with Gasteiger partial charge in [0.15, 0.2) is 0 Å². The maximum Gasteiger partial charge on any atom is 0.234 e. The van der Waals surface area contributed by atoms with Crippen LogP contribution in [0.15, 0.2) is 22.7 Å². The highest BCUT2D eigenvalue weighted by atomic mass is 79.9. The van der Waals surface area contributed by atoms with Gasteiger partial charge in [-0.05, 0) is 23.6 Å². The van der Waals surface area contributed by atoms with Gasteiger partial charge in [0.05, 0.1) is 5.92 Å². The first-order chi connectivity index (χ1) is 8.11. The second-order valence-corrected chi connectivity index (χ2v) is 4.92. The molecule has 90 valence electrons. The van der Waals surface area contributed by atoms with Crippen LogP contribution in [-0.2, 0) is 16.1 Å². The summed E-state index contributed by atoms with van der Waals surface area (Å²) in [6.45, 7) is 0.466. The van der Waals surface area contributed by atoms with Gasteiger partial charge in [0.2, 0.25) is 11.8 Å². The van der Waals surface area contributed by atoms with Crippen LogP contribution in [0, 0.1) is 0 Å². The zero-order valence-corrected chi connectivity index (χ0v) is 10.8. The van der Waals surface area contributed by atoms with Crippen molar-refractivity contribution in [2.45, 2.75) is 25.3 Å². The van der Waals surface area contributed by atoms with Crippen molar-refractivity contribution in [1.29, 1.82) is 0 Å². The molecule has 0 aliphatic carbocycles. The highest BCUT2D eigenvalue weighted by molar-refractivity contribution is 9.10. The summed E-state index contributed by atoms with van der Waals surface area (Å²) < 4.78 is 0.870. The van der Waals surface area contributed by atoms with Crippen molar-refractivity contribution in [3.8, 4) is 0 Å². The van der Waals surface area contributed by atoms with E-state index in [0.29, 0.717) is 19.4 Å². The standard InChI is InChI=1S/C12H13BrN2O2/c13-10-5-7(6-14)1-2-8(10)9-3-4-11(16)15-12(9)17/h1-2,5,9H,3-4,6,14H2,(H,15,16,17). The number of amides is 2. The molecule has 1 aliphatic rings. The molecule has 1 aliphatic heterocycles. The molecular formula is C12H13BrN2O2. The summed E-state index contributed by atoms with van der Waals surface area (Å²) in [4.78, 5) is 22.8. The Balaban J connectivity index is 2.28. The number of hydrogen-bond donors (Lipinski definition) is 2. The van der Waals surface area contributed by atoms with Gasteiger partial charge >= 0.3 is 0 Å². The van der Waals surface area contributed by atoms with E-state index in [1.165, 1.54) is 0 Å². The van der Waals surface area contributed by atoms with E-state index in [-0.39, 0.29) is 17.7 Å². The molecule has 0 radical (unpaired) electrons. The lowest BCUT2D eigenvalue weighted by molar-refractivity contribution is -0.134. The molecule has 0 spiro atoms. The van der Waals surface area contributed by atoms with Gasteiger partial charge in [-0.15, -0.1) is 0 Å². The number of halogens is 1. The Kier molecular flexibility index (Phi) is 3.59. The third-order valence-corrected chi connectivity index (χ3v) is 3.60. The van der Waals surface area contributed by atoms with Crippen molar-refractivity contribution in [2.75, 3.05) is 0 Å². The van der Waals surface area contributed by atoms with Crippen molar-refractivity contribution in [3.63, 3.8) is 0 Å². The first kappa shape index (κ1) is 12.3. The fraction of sp³-hybridized carbons (Fsp3) is 0.333. The lowest BCUT2D eigenvalue weighted by atomic mass is 9.90. The molecule has 1 aromatic carbocycles. The molecular weight excluding hydrogens is 284 g/mol. The third kappa shape index (κ3) is 2.56. The number of carbonyl (C=O) groups is 2. The normalized spacial score (nSPS) is 20.2. The highest BCUT2D eigenvalue weighted by Gasteiger charge is 2.29. The lowest BCUT2D eigenvalue weighted by Gasteiger charge is -2.22. The maximum absolute atomic E-state index is 11.7. The SMILES string of the molecule is NCc1ccc(C2CCC(=O)NC2=O)c(Br)c1. The van der Waals surface area contributed by atoms with Gasteiger partial charge in [0, 0.05) is 17.4 Å². The summed E-state index contributed by atoms with van der Waals surface area (Å²) in [6, 6.07) is 5.72. The lowest BCUT2D eigenvalue weighted by Crippen LogP contribution is -2.39. The summed E-state index contributed by atoms with van der Waals surface area (Å²) >= 11 is 3.45. The van der Waals surface area contributed by atoms with E-state index in [9.17, 15) is 9.59 Å². The first-order valence-electron chi connectivity index (χ1n) is 5.44. The van der Waals surface area contributed by atoms with Crippen LogP contribution in [0.5, 0.6) is 0 Å². The van der Waals surface area contributed by atoms with E-state index in [2.05, 4.69) is 21.2 Å². The Morgan fingerprint density at radius 2 is 2.18 bits per heavy atom. The predicted octanol–water partition coefficient (Wildman–Crippen LogP) is 1.43. The Labute approximate surface area is 108 Å². The summed E-state index contributed by atoms with van der Waals surface area (Å²) in [5.41, 5.74) is 7.46. The van der Waals surface area contributed by atoms with Gasteiger partial charge in [-0.25, -0.2) is 0 Å². The minimum atomic E-state index is -0.256. The largest absolute Gasteiger partial charge is 0.326 e. The quantitative estimate of drug-likeness (QED) is 0.811. The molecule has 4 nitrogen and oxygen atoms in total. The molecule has 17 heavy (non-hydrogen) atoms. The predicted molar refractivity (Wildman–Crippen MR) is 67.2 cm³/mol. The topological polar surface area (TPSA) is 72.2 Å². The fourth-order valence-electron chi connectivity index (χ4n) is 1.97. The highest BCUT2D eigenvalue weighted by Crippen LogP contribution is 2.31. The first-order valence-corrected chi connectivity index (χ1v) is 6.23. The molecule has 1 unspecified atom stereocenters. The monoisotopic (exact) mass is 296 g/mol. The Bertz CT molecular complexity index is 474. The fourth-order valence-corrected chi connectivity index (χ4v) is 2.67. The van der Waals surface area contributed by atoms with Gasteiger partial charge in [-0.2, -0.15) is 0 Å². The maximum atomic E-state index is 11.7. The van der Waals surface area contributed by atoms with E-state index in [1.54, 1.807) is 0 Å². The van der Waals surface area contributed by atoms with Gasteiger partial charge in [0.1, 0.15) is 0 Å². The minimum absolute atomic E-state index is 0.194. The van der Waals surface area contributed by atoms with Crippen molar-refractivity contribution in [3.05, 3.63) is 33.8 Å². The Hall–Kier alpha value is -1.20. The average molecular weight is 297 g/mol. The van der Waals surface area contributed by atoms with Gasteiger partial charge < -0.3 is 5.73 Å². The molecule has 1 aromatic rings. The zero-order valence-electron chi connectivity index (χ0n) is 9.20. The molecule has 5 heteroatoms. The van der Waals surface area contributed by atoms with Crippen LogP contribution in [0.2, 0.25) is 0 Å². The number of nitrogens with one attached hydrogen (secondary N) is 1. The molecule has 3 N–H and O–H groups in total. The molecule has 0 saturated carbocycles. The number of benzene rings is 1. The smallest absolute Gasteiger partial charge is 0.234 e. The van der Waals surface area contributed by atoms with Crippen molar-refractivity contribution in [2.24, 2.45) is 5.73 Å². The van der Waals surface area contributed by atoms with Crippen LogP contribution >= 0.6 is 15.9 Å². The zero-order chi connectivity index (χ0) is 12.4. The van der Waals surface area contributed by atoms with Crippen LogP contribution in [0.1, 0.15) is 29.9 Å². The summed E-state index contributed by atoms with van der Waals surface area (Å²) in [6.07, 6.45) is 0.951. The summed E-state index contributed by atoms with van der Waals surface area (Å²) in [7, 11) is 0. The average Bonchev–Trinajstić information content (AvgIpc) is 2.30. The molecule has 1 fully saturated rings. The molecule has 0 bridgehead atoms. The van der Waals surface area contributed by atoms with Crippen LogP contribution < -0.4 is 11.1 Å². The number of carbonyl (C=O) groups excluding carboxylic acids is 2. The second-order valence-electron chi connectivity index (χ2n) is 4.06. The van der Waals surface area contributed by atoms with Crippen LogP contribution in [-0.4, -0.2) is 11.8 Å². The molecule has 2 rings (SSSR count). The van der Waals surface area contributed by atoms with Crippen molar-refractivity contribution >= 4 is 27.7 Å². The molecule has 1 heterocycles. The second kappa shape index (κ2) is 4.98. The van der Waals surface area contributed by atoms with Crippen molar-refractivity contribution in [1.82, 2.24) is 5.32 Å². The van der Waals surface area contributed by atoms with Gasteiger partial charge in [-0.3, -0.25) is 14.9 Å². The van der Waals surface area contributed by atoms with E-state index in [1.807, 2.05) is 18.2 Å². The number of imide groups is 1. The number of nitrogens with two attached hydrogens (primary N) is 1. The Morgan fingerprint density at radius 1 is 1.41 bits per heavy atom. The van der Waals surface area contributed by atoms with Crippen molar-refractivity contribution < 1.29 is 9.59 Å². The molecule has 0 aromatic heterocycles. The van der Waals surface area contributed by atoms with Gasteiger partial charge in [-0.1, -0.05) is 28.1 Å². The van der Waals surface area contributed by atoms with Crippen LogP contribution in [0.4, 0.5) is 0 Å². The van der Waals surface area contributed by atoms with Crippen LogP contribution in [0.3, 0.4) is 0 Å². The molecule has 1 saturated heterocycles.